The summed E-state index contributed by atoms with van der Waals surface area (Å²) in [5, 5.41) is 0. The highest BCUT2D eigenvalue weighted by Crippen LogP contribution is 2.17. The van der Waals surface area contributed by atoms with E-state index in [0.717, 1.165) is 25.5 Å². The first-order chi connectivity index (χ1) is 8.90. The predicted molar refractivity (Wildman–Crippen MR) is 71.7 cm³/mol. The maximum atomic E-state index is 13.3. The van der Waals surface area contributed by atoms with Crippen molar-refractivity contribution < 1.29 is 12.8 Å². The Morgan fingerprint density at radius 2 is 2.26 bits per heavy atom. The van der Waals surface area contributed by atoms with Crippen LogP contribution in [0.1, 0.15) is 12.8 Å². The first-order valence-electron chi connectivity index (χ1n) is 6.15. The number of hydrogen-bond acceptors (Lipinski definition) is 4. The third kappa shape index (κ3) is 3.23. The number of hydrogen-bond donors (Lipinski definition) is 2. The third-order valence-electron chi connectivity index (χ3n) is 3.46. The fourth-order valence-corrected chi connectivity index (χ4v) is 3.29. The van der Waals surface area contributed by atoms with Crippen molar-refractivity contribution in [2.24, 2.45) is 0 Å². The summed E-state index contributed by atoms with van der Waals surface area (Å²) in [7, 11) is -1.72. The summed E-state index contributed by atoms with van der Waals surface area (Å²) in [6.45, 7) is 1.31. The van der Waals surface area contributed by atoms with Gasteiger partial charge in [0.05, 0.1) is 10.6 Å². The van der Waals surface area contributed by atoms with Crippen molar-refractivity contribution >= 4 is 15.7 Å². The Balaban J connectivity index is 2.07. The number of likely N-dealkylation sites (tertiary alicyclic amines) is 1. The predicted octanol–water partition coefficient (Wildman–Crippen LogP) is 0.780. The van der Waals surface area contributed by atoms with Gasteiger partial charge in [0.1, 0.15) is 5.82 Å². The third-order valence-corrected chi connectivity index (χ3v) is 4.88. The van der Waals surface area contributed by atoms with Crippen molar-refractivity contribution in [2.75, 3.05) is 25.9 Å². The van der Waals surface area contributed by atoms with Gasteiger partial charge >= 0.3 is 0 Å². The average molecular weight is 287 g/mol. The Morgan fingerprint density at radius 1 is 1.53 bits per heavy atom. The first kappa shape index (κ1) is 14.2. The van der Waals surface area contributed by atoms with Gasteiger partial charge in [0.15, 0.2) is 0 Å². The zero-order valence-electron chi connectivity index (χ0n) is 10.8. The van der Waals surface area contributed by atoms with E-state index < -0.39 is 15.8 Å². The molecule has 1 atom stereocenters. The number of nitrogens with one attached hydrogen (secondary N) is 1. The topological polar surface area (TPSA) is 75.4 Å². The molecular formula is C12H18FN3O2S. The SMILES string of the molecule is CN1CCCC1CNS(=O)(=O)c1ccc(N)c(F)c1. The molecular weight excluding hydrogens is 269 g/mol. The van der Waals surface area contributed by atoms with Crippen LogP contribution in [0, 0.1) is 5.82 Å². The fraction of sp³-hybridized carbons (Fsp3) is 0.500. The quantitative estimate of drug-likeness (QED) is 0.803. The van der Waals surface area contributed by atoms with Crippen LogP contribution >= 0.6 is 0 Å². The molecule has 0 bridgehead atoms. The number of sulfonamides is 1. The molecule has 1 aromatic carbocycles. The lowest BCUT2D eigenvalue weighted by Gasteiger charge is -2.19. The number of nitrogen functional groups attached to an aromatic ring is 1. The van der Waals surface area contributed by atoms with E-state index in [4.69, 9.17) is 5.73 Å². The molecule has 1 saturated heterocycles. The molecule has 0 radical (unpaired) electrons. The summed E-state index contributed by atoms with van der Waals surface area (Å²) in [5.41, 5.74) is 5.27. The van der Waals surface area contributed by atoms with Gasteiger partial charge in [-0.3, -0.25) is 0 Å². The van der Waals surface area contributed by atoms with Crippen LogP contribution in [0.3, 0.4) is 0 Å². The molecule has 1 unspecified atom stereocenters. The Labute approximate surface area is 112 Å². The Hall–Kier alpha value is -1.18. The molecule has 1 fully saturated rings. The average Bonchev–Trinajstić information content (AvgIpc) is 2.76. The van der Waals surface area contributed by atoms with Crippen LogP contribution in [0.25, 0.3) is 0 Å². The van der Waals surface area contributed by atoms with E-state index in [1.807, 2.05) is 7.05 Å². The highest BCUT2D eigenvalue weighted by Gasteiger charge is 2.23. The summed E-state index contributed by atoms with van der Waals surface area (Å²) in [4.78, 5) is 2.02. The van der Waals surface area contributed by atoms with Crippen LogP contribution in [0.5, 0.6) is 0 Å². The molecule has 3 N–H and O–H groups in total. The largest absolute Gasteiger partial charge is 0.396 e. The lowest BCUT2D eigenvalue weighted by Crippen LogP contribution is -2.38. The molecule has 5 nitrogen and oxygen atoms in total. The highest BCUT2D eigenvalue weighted by atomic mass is 32.2. The normalized spacial score (nSPS) is 20.8. The van der Waals surface area contributed by atoms with Gasteiger partial charge in [-0.05, 0) is 44.6 Å². The summed E-state index contributed by atoms with van der Waals surface area (Å²) in [5.74, 6) is -0.721. The second kappa shape index (κ2) is 5.44. The van der Waals surface area contributed by atoms with Crippen molar-refractivity contribution in [3.05, 3.63) is 24.0 Å². The van der Waals surface area contributed by atoms with E-state index in [9.17, 15) is 12.8 Å². The van der Waals surface area contributed by atoms with Gasteiger partial charge in [0.2, 0.25) is 10.0 Å². The van der Waals surface area contributed by atoms with Gasteiger partial charge in [0.25, 0.3) is 0 Å². The van der Waals surface area contributed by atoms with Crippen molar-refractivity contribution in [3.8, 4) is 0 Å². The molecule has 0 aromatic heterocycles. The number of nitrogens with two attached hydrogens (primary N) is 1. The molecule has 1 aliphatic rings. The minimum Gasteiger partial charge on any atom is -0.396 e. The minimum atomic E-state index is -3.68. The van der Waals surface area contributed by atoms with E-state index in [2.05, 4.69) is 9.62 Å². The summed E-state index contributed by atoms with van der Waals surface area (Å²) >= 11 is 0. The van der Waals surface area contributed by atoms with Crippen molar-refractivity contribution in [2.45, 2.75) is 23.8 Å². The lowest BCUT2D eigenvalue weighted by molar-refractivity contribution is 0.311. The van der Waals surface area contributed by atoms with Crippen LogP contribution in [0.2, 0.25) is 0 Å². The number of likely N-dealkylation sites (N-methyl/N-ethyl adjacent to an activating group) is 1. The number of anilines is 1. The molecule has 19 heavy (non-hydrogen) atoms. The molecule has 0 spiro atoms. The monoisotopic (exact) mass is 287 g/mol. The number of nitrogens with zero attached hydrogens (tertiary/aromatic N) is 1. The van der Waals surface area contributed by atoms with Crippen LogP contribution in [0.15, 0.2) is 23.1 Å². The Morgan fingerprint density at radius 3 is 2.84 bits per heavy atom. The van der Waals surface area contributed by atoms with Gasteiger partial charge in [0, 0.05) is 12.6 Å². The van der Waals surface area contributed by atoms with E-state index in [0.29, 0.717) is 6.54 Å². The number of rotatable bonds is 4. The van der Waals surface area contributed by atoms with Crippen molar-refractivity contribution in [1.29, 1.82) is 0 Å². The van der Waals surface area contributed by atoms with Crippen LogP contribution < -0.4 is 10.5 Å². The van der Waals surface area contributed by atoms with Gasteiger partial charge in [-0.15, -0.1) is 0 Å². The van der Waals surface area contributed by atoms with E-state index in [1.54, 1.807) is 0 Å². The van der Waals surface area contributed by atoms with Crippen LogP contribution in [-0.4, -0.2) is 39.5 Å². The molecule has 7 heteroatoms. The zero-order chi connectivity index (χ0) is 14.0. The summed E-state index contributed by atoms with van der Waals surface area (Å²) in [6.07, 6.45) is 2.04. The molecule has 0 amide bonds. The van der Waals surface area contributed by atoms with E-state index >= 15 is 0 Å². The number of halogens is 1. The Kier molecular flexibility index (Phi) is 4.07. The van der Waals surface area contributed by atoms with E-state index in [-0.39, 0.29) is 16.6 Å². The molecule has 106 valence electrons. The highest BCUT2D eigenvalue weighted by molar-refractivity contribution is 7.89. The molecule has 0 aliphatic carbocycles. The smallest absolute Gasteiger partial charge is 0.240 e. The number of benzene rings is 1. The van der Waals surface area contributed by atoms with Crippen molar-refractivity contribution in [3.63, 3.8) is 0 Å². The molecule has 2 rings (SSSR count). The second-order valence-electron chi connectivity index (χ2n) is 4.81. The second-order valence-corrected chi connectivity index (χ2v) is 6.58. The van der Waals surface area contributed by atoms with Crippen LogP contribution in [0.4, 0.5) is 10.1 Å². The minimum absolute atomic E-state index is 0.0607. The van der Waals surface area contributed by atoms with Gasteiger partial charge < -0.3 is 10.6 Å². The van der Waals surface area contributed by atoms with Gasteiger partial charge in [-0.1, -0.05) is 0 Å². The lowest BCUT2D eigenvalue weighted by atomic mass is 10.2. The van der Waals surface area contributed by atoms with Gasteiger partial charge in [-0.2, -0.15) is 0 Å². The first-order valence-corrected chi connectivity index (χ1v) is 7.63. The van der Waals surface area contributed by atoms with E-state index in [1.165, 1.54) is 12.1 Å². The molecule has 1 aromatic rings. The van der Waals surface area contributed by atoms with Crippen molar-refractivity contribution in [1.82, 2.24) is 9.62 Å². The standard InChI is InChI=1S/C12H18FN3O2S/c1-16-6-2-3-9(16)8-15-19(17,18)10-4-5-12(14)11(13)7-10/h4-5,7,9,15H,2-3,6,8,14H2,1H3. The summed E-state index contributed by atoms with van der Waals surface area (Å²) in [6, 6.07) is 3.70. The van der Waals surface area contributed by atoms with Gasteiger partial charge in [-0.25, -0.2) is 17.5 Å². The van der Waals surface area contributed by atoms with Crippen LogP contribution in [-0.2, 0) is 10.0 Å². The molecule has 1 aliphatic heterocycles. The fourth-order valence-electron chi connectivity index (χ4n) is 2.20. The molecule has 1 heterocycles. The maximum Gasteiger partial charge on any atom is 0.240 e. The molecule has 0 saturated carbocycles. The zero-order valence-corrected chi connectivity index (χ0v) is 11.6. The Bertz CT molecular complexity index is 562. The maximum absolute atomic E-state index is 13.3. The summed E-state index contributed by atoms with van der Waals surface area (Å²) < 4.78 is 39.8.